The van der Waals surface area contributed by atoms with Gasteiger partial charge in [-0.2, -0.15) is 11.8 Å². The molecule has 8 nitrogen and oxygen atoms in total. The summed E-state index contributed by atoms with van der Waals surface area (Å²) in [6.45, 7) is 5.27. The van der Waals surface area contributed by atoms with Crippen LogP contribution in [0.15, 0.2) is 60.7 Å². The lowest BCUT2D eigenvalue weighted by atomic mass is 10.0. The number of ether oxygens (including phenoxy) is 1. The quantitative estimate of drug-likeness (QED) is 0.271. The van der Waals surface area contributed by atoms with Crippen LogP contribution in [0.1, 0.15) is 51.2 Å². The van der Waals surface area contributed by atoms with Crippen LogP contribution in [0, 0.1) is 17.8 Å². The highest BCUT2D eigenvalue weighted by atomic mass is 32.2. The van der Waals surface area contributed by atoms with Crippen molar-refractivity contribution in [3.63, 3.8) is 0 Å². The first-order chi connectivity index (χ1) is 18.0. The number of hydrogen-bond donors (Lipinski definition) is 3. The largest absolute Gasteiger partial charge is 0.481 e. The van der Waals surface area contributed by atoms with Crippen molar-refractivity contribution in [1.29, 1.82) is 0 Å². The maximum absolute atomic E-state index is 11.3. The third kappa shape index (κ3) is 18.0. The summed E-state index contributed by atoms with van der Waals surface area (Å²) in [4.78, 5) is 42.6. The molecule has 38 heavy (non-hydrogen) atoms. The van der Waals surface area contributed by atoms with Gasteiger partial charge in [-0.1, -0.05) is 81.4 Å². The van der Waals surface area contributed by atoms with Crippen molar-refractivity contribution >= 4 is 35.6 Å². The molecule has 0 aliphatic heterocycles. The van der Waals surface area contributed by atoms with Crippen molar-refractivity contribution in [2.75, 3.05) is 12.0 Å². The zero-order valence-electron chi connectivity index (χ0n) is 22.5. The molecule has 0 aliphatic carbocycles. The second-order valence-corrected chi connectivity index (χ2v) is 9.86. The number of hydrogen-bond acceptors (Lipinski definition) is 6. The smallest absolute Gasteiger partial charge is 0.306 e. The summed E-state index contributed by atoms with van der Waals surface area (Å²) in [7, 11) is 0. The van der Waals surface area contributed by atoms with Gasteiger partial charge in [0.15, 0.2) is 0 Å². The summed E-state index contributed by atoms with van der Waals surface area (Å²) in [5.41, 5.74) is 2.00. The van der Waals surface area contributed by atoms with Crippen LogP contribution >= 0.6 is 11.8 Å². The minimum atomic E-state index is -0.888. The molecule has 210 valence electrons. The predicted octanol–water partition coefficient (Wildman–Crippen LogP) is 5.64. The summed E-state index contributed by atoms with van der Waals surface area (Å²) in [5, 5.41) is 25.7. The van der Waals surface area contributed by atoms with E-state index in [-0.39, 0.29) is 30.8 Å². The number of rotatable bonds is 13. The van der Waals surface area contributed by atoms with Crippen molar-refractivity contribution < 1.29 is 39.2 Å². The van der Waals surface area contributed by atoms with Crippen molar-refractivity contribution in [1.82, 2.24) is 0 Å². The molecule has 0 bridgehead atoms. The molecule has 2 aromatic carbocycles. The van der Waals surface area contributed by atoms with Crippen molar-refractivity contribution in [3.05, 3.63) is 71.8 Å². The van der Waals surface area contributed by atoms with E-state index < -0.39 is 23.8 Å². The van der Waals surface area contributed by atoms with Gasteiger partial charge in [-0.25, -0.2) is 0 Å². The molecule has 0 saturated heterocycles. The van der Waals surface area contributed by atoms with Crippen LogP contribution < -0.4 is 0 Å². The topological polar surface area (TPSA) is 138 Å². The Kier molecular flexibility index (Phi) is 18.9. The summed E-state index contributed by atoms with van der Waals surface area (Å²) in [6, 6.07) is 19.0. The molecular formula is C29H40O8S. The van der Waals surface area contributed by atoms with Crippen LogP contribution in [0.5, 0.6) is 0 Å². The van der Waals surface area contributed by atoms with Crippen LogP contribution in [0.3, 0.4) is 0 Å². The first kappa shape index (κ1) is 34.7. The highest BCUT2D eigenvalue weighted by Gasteiger charge is 2.14. The number of carboxylic acids is 3. The Bertz CT molecular complexity index is 950. The normalized spacial score (nSPS) is 12.3. The number of aliphatic carboxylic acids is 3. The highest BCUT2D eigenvalue weighted by molar-refractivity contribution is 7.98. The number of esters is 1. The van der Waals surface area contributed by atoms with Crippen molar-refractivity contribution in [2.45, 2.75) is 53.1 Å². The zero-order chi connectivity index (χ0) is 28.9. The van der Waals surface area contributed by atoms with Gasteiger partial charge in [-0.3, -0.25) is 19.2 Å². The van der Waals surface area contributed by atoms with Gasteiger partial charge >= 0.3 is 23.9 Å². The van der Waals surface area contributed by atoms with Crippen LogP contribution in [0.25, 0.3) is 0 Å². The van der Waals surface area contributed by atoms with Gasteiger partial charge in [-0.05, 0) is 42.4 Å². The van der Waals surface area contributed by atoms with Crippen LogP contribution in [-0.4, -0.2) is 51.2 Å². The van der Waals surface area contributed by atoms with E-state index >= 15 is 0 Å². The molecular weight excluding hydrogens is 508 g/mol. The van der Waals surface area contributed by atoms with Gasteiger partial charge < -0.3 is 20.1 Å². The van der Waals surface area contributed by atoms with Gasteiger partial charge in [0, 0.05) is 6.42 Å². The standard InChI is InChI=1S/C13H16O4.C10H12O2.C6H12O2S/c1-10(13(15)16)7-8-12(14)17-9-11-5-3-2-4-6-11;1-8(10(11)12)7-9-5-3-2-4-6-9;1-5(6(7)8)3-4-9-2/h2-6,10H,7-9H2,1H3,(H,15,16);2-6,8H,7H2,1H3,(H,11,12);5H,3-4H2,1-2H3,(H,7,8). The molecule has 0 saturated carbocycles. The number of carbonyl (C=O) groups is 4. The maximum atomic E-state index is 11.3. The highest BCUT2D eigenvalue weighted by Crippen LogP contribution is 2.09. The average Bonchev–Trinajstić information content (AvgIpc) is 2.90. The Morgan fingerprint density at radius 3 is 1.61 bits per heavy atom. The number of thioether (sulfide) groups is 1. The molecule has 0 aliphatic rings. The monoisotopic (exact) mass is 548 g/mol. The molecule has 0 aromatic heterocycles. The van der Waals surface area contributed by atoms with E-state index in [1.54, 1.807) is 32.5 Å². The van der Waals surface area contributed by atoms with E-state index in [1.807, 2.05) is 66.9 Å². The predicted molar refractivity (Wildman–Crippen MR) is 149 cm³/mol. The zero-order valence-corrected chi connectivity index (χ0v) is 23.4. The Balaban J connectivity index is 0.000000572. The average molecular weight is 549 g/mol. The molecule has 0 amide bonds. The number of carboxylic acid groups (broad SMARTS) is 3. The fourth-order valence-electron chi connectivity index (χ4n) is 2.74. The second-order valence-electron chi connectivity index (χ2n) is 8.87. The summed E-state index contributed by atoms with van der Waals surface area (Å²) in [6.07, 6.45) is 3.81. The lowest BCUT2D eigenvalue weighted by Crippen LogP contribution is -2.12. The third-order valence-corrected chi connectivity index (χ3v) is 6.07. The van der Waals surface area contributed by atoms with Gasteiger partial charge in [0.25, 0.3) is 0 Å². The minimum absolute atomic E-state index is 0.139. The summed E-state index contributed by atoms with van der Waals surface area (Å²) < 4.78 is 5.03. The van der Waals surface area contributed by atoms with Crippen LogP contribution in [0.2, 0.25) is 0 Å². The minimum Gasteiger partial charge on any atom is -0.481 e. The van der Waals surface area contributed by atoms with Crippen LogP contribution in [0.4, 0.5) is 0 Å². The Hall–Kier alpha value is -3.33. The molecule has 3 unspecified atom stereocenters. The van der Waals surface area contributed by atoms with Crippen molar-refractivity contribution in [3.8, 4) is 0 Å². The lowest BCUT2D eigenvalue weighted by Gasteiger charge is -2.06. The first-order valence-corrected chi connectivity index (χ1v) is 13.8. The Morgan fingerprint density at radius 2 is 1.16 bits per heavy atom. The van der Waals surface area contributed by atoms with E-state index in [9.17, 15) is 19.2 Å². The van der Waals surface area contributed by atoms with Gasteiger partial charge in [-0.15, -0.1) is 0 Å². The SMILES string of the molecule is CC(CCC(=O)OCc1ccccc1)C(=O)O.CC(Cc1ccccc1)C(=O)O.CSCCC(C)C(=O)O. The second kappa shape index (κ2) is 20.7. The van der Waals surface area contributed by atoms with E-state index in [2.05, 4.69) is 0 Å². The molecule has 3 atom stereocenters. The molecule has 9 heteroatoms. The third-order valence-electron chi connectivity index (χ3n) is 5.43. The van der Waals surface area contributed by atoms with E-state index in [1.165, 1.54) is 0 Å². The van der Waals surface area contributed by atoms with Gasteiger partial charge in [0.2, 0.25) is 0 Å². The Morgan fingerprint density at radius 1 is 0.711 bits per heavy atom. The Labute approximate surface area is 229 Å². The summed E-state index contributed by atoms with van der Waals surface area (Å²) >= 11 is 1.68. The number of benzene rings is 2. The van der Waals surface area contributed by atoms with Gasteiger partial charge in [0.05, 0.1) is 17.8 Å². The molecule has 3 N–H and O–H groups in total. The maximum Gasteiger partial charge on any atom is 0.306 e. The van der Waals surface area contributed by atoms with E-state index in [0.717, 1.165) is 23.3 Å². The number of carbonyl (C=O) groups excluding carboxylic acids is 1. The van der Waals surface area contributed by atoms with E-state index in [0.29, 0.717) is 12.8 Å². The molecule has 0 spiro atoms. The fourth-order valence-corrected chi connectivity index (χ4v) is 3.33. The first-order valence-electron chi connectivity index (χ1n) is 12.4. The summed E-state index contributed by atoms with van der Waals surface area (Å²) in [5.74, 6) is -2.73. The fraction of sp³-hybridized carbons (Fsp3) is 0.448. The molecule has 2 rings (SSSR count). The molecule has 0 radical (unpaired) electrons. The van der Waals surface area contributed by atoms with Crippen LogP contribution in [-0.2, 0) is 36.9 Å². The van der Waals surface area contributed by atoms with E-state index in [4.69, 9.17) is 20.1 Å². The molecule has 0 fully saturated rings. The molecule has 2 aromatic rings. The van der Waals surface area contributed by atoms with Gasteiger partial charge in [0.1, 0.15) is 6.61 Å². The lowest BCUT2D eigenvalue weighted by molar-refractivity contribution is -0.146. The molecule has 0 heterocycles. The van der Waals surface area contributed by atoms with Crippen molar-refractivity contribution in [2.24, 2.45) is 17.8 Å².